The van der Waals surface area contributed by atoms with E-state index < -0.39 is 11.6 Å². The minimum absolute atomic E-state index is 0.240. The highest BCUT2D eigenvalue weighted by atomic mass is 35.5. The number of amides is 1. The zero-order valence-corrected chi connectivity index (χ0v) is 18.2. The number of aromatic nitrogens is 5. The lowest BCUT2D eigenvalue weighted by atomic mass is 10.0. The van der Waals surface area contributed by atoms with E-state index >= 15 is 0 Å². The number of carbonyl (C=O) groups excluding carboxylic acids is 1. The summed E-state index contributed by atoms with van der Waals surface area (Å²) in [7, 11) is 0. The molecule has 0 aliphatic heterocycles. The first kappa shape index (κ1) is 20.0. The molecule has 3 aromatic heterocycles. The van der Waals surface area contributed by atoms with Crippen LogP contribution in [0.15, 0.2) is 65.7 Å². The van der Waals surface area contributed by atoms with Crippen LogP contribution in [-0.4, -0.2) is 29.7 Å². The minimum atomic E-state index is -0.411. The van der Waals surface area contributed by atoms with Gasteiger partial charge < -0.3 is 5.32 Å². The number of aryl methyl sites for hydroxylation is 2. The fourth-order valence-corrected chi connectivity index (χ4v) is 3.85. The van der Waals surface area contributed by atoms with Gasteiger partial charge in [-0.1, -0.05) is 41.4 Å². The van der Waals surface area contributed by atoms with Gasteiger partial charge in [-0.3, -0.25) is 4.79 Å². The summed E-state index contributed by atoms with van der Waals surface area (Å²) in [5, 5.41) is 12.2. The number of carbonyl (C=O) groups is 1. The second kappa shape index (κ2) is 7.65. The van der Waals surface area contributed by atoms with E-state index in [2.05, 4.69) is 33.7 Å². The first-order chi connectivity index (χ1) is 15.4. The van der Waals surface area contributed by atoms with Crippen molar-refractivity contribution in [3.63, 3.8) is 0 Å². The third kappa shape index (κ3) is 3.44. The van der Waals surface area contributed by atoms with E-state index in [0.29, 0.717) is 21.9 Å². The molecule has 0 spiro atoms. The largest absolute Gasteiger partial charge is 0.350 e. The second-order valence-electron chi connectivity index (χ2n) is 7.64. The van der Waals surface area contributed by atoms with Crippen LogP contribution in [0.1, 0.15) is 11.1 Å². The van der Waals surface area contributed by atoms with Crippen molar-refractivity contribution >= 4 is 34.4 Å². The molecule has 0 aliphatic rings. The lowest BCUT2D eigenvalue weighted by Gasteiger charge is -2.06. The van der Waals surface area contributed by atoms with Crippen molar-refractivity contribution in [2.45, 2.75) is 20.4 Å². The molecule has 3 heterocycles. The number of hydrogen-bond acceptors (Lipinski definition) is 4. The van der Waals surface area contributed by atoms with Crippen molar-refractivity contribution in [1.82, 2.24) is 23.8 Å². The normalized spacial score (nSPS) is 11.3. The molecule has 32 heavy (non-hydrogen) atoms. The molecule has 0 aliphatic carbocycles. The molecule has 9 heteroatoms. The lowest BCUT2D eigenvalue weighted by Crippen LogP contribution is -2.28. The Balaban J connectivity index is 1.53. The Morgan fingerprint density at radius 1 is 1.06 bits per heavy atom. The number of fused-ring (bicyclic) bond motifs is 3. The van der Waals surface area contributed by atoms with Gasteiger partial charge in [0.2, 0.25) is 5.91 Å². The number of para-hydroxylation sites is 1. The molecule has 5 rings (SSSR count). The van der Waals surface area contributed by atoms with E-state index in [0.717, 1.165) is 27.1 Å². The first-order valence-corrected chi connectivity index (χ1v) is 10.4. The van der Waals surface area contributed by atoms with E-state index in [4.69, 9.17) is 11.6 Å². The maximum atomic E-state index is 12.8. The molecule has 5 aromatic rings. The summed E-state index contributed by atoms with van der Waals surface area (Å²) in [6.45, 7) is 3.83. The lowest BCUT2D eigenvalue weighted by molar-refractivity contribution is -0.117. The van der Waals surface area contributed by atoms with Crippen LogP contribution in [0.5, 0.6) is 0 Å². The summed E-state index contributed by atoms with van der Waals surface area (Å²) in [6.07, 6.45) is 3.30. The number of nitrogens with one attached hydrogen (secondary N) is 1. The van der Waals surface area contributed by atoms with Crippen molar-refractivity contribution in [2.24, 2.45) is 0 Å². The fourth-order valence-electron chi connectivity index (χ4n) is 3.67. The Hall–Kier alpha value is -3.91. The molecule has 160 valence electrons. The van der Waals surface area contributed by atoms with Gasteiger partial charge in [-0.05, 0) is 43.7 Å². The molecule has 1 amide bonds. The summed E-state index contributed by atoms with van der Waals surface area (Å²) in [4.78, 5) is 25.3. The number of hydrogen-bond donors (Lipinski definition) is 1. The van der Waals surface area contributed by atoms with Crippen LogP contribution in [0.4, 0.5) is 5.69 Å². The van der Waals surface area contributed by atoms with Crippen LogP contribution in [0.2, 0.25) is 5.02 Å². The highest BCUT2D eigenvalue weighted by Gasteiger charge is 2.16. The van der Waals surface area contributed by atoms with Crippen LogP contribution < -0.4 is 11.0 Å². The molecule has 8 nitrogen and oxygen atoms in total. The van der Waals surface area contributed by atoms with Crippen LogP contribution in [-0.2, 0) is 11.3 Å². The average molecular weight is 447 g/mol. The van der Waals surface area contributed by atoms with E-state index in [1.807, 2.05) is 19.9 Å². The number of halogens is 1. The quantitative estimate of drug-likeness (QED) is 0.456. The Labute approximate surface area is 187 Å². The molecule has 2 aromatic carbocycles. The Morgan fingerprint density at radius 3 is 2.69 bits per heavy atom. The van der Waals surface area contributed by atoms with Gasteiger partial charge in [0.15, 0.2) is 5.65 Å². The highest BCUT2D eigenvalue weighted by molar-refractivity contribution is 6.33. The summed E-state index contributed by atoms with van der Waals surface area (Å²) in [5.74, 6) is -0.399. The predicted molar refractivity (Wildman–Crippen MR) is 123 cm³/mol. The third-order valence-electron chi connectivity index (χ3n) is 5.30. The van der Waals surface area contributed by atoms with Gasteiger partial charge in [0.1, 0.15) is 12.1 Å². The van der Waals surface area contributed by atoms with Crippen LogP contribution in [0, 0.1) is 13.8 Å². The van der Waals surface area contributed by atoms with Gasteiger partial charge in [0.05, 0.1) is 16.4 Å². The zero-order valence-electron chi connectivity index (χ0n) is 17.4. The Kier molecular flexibility index (Phi) is 4.79. The topological polar surface area (TPSA) is 85.7 Å². The van der Waals surface area contributed by atoms with Gasteiger partial charge in [0, 0.05) is 18.0 Å². The Morgan fingerprint density at radius 2 is 1.88 bits per heavy atom. The van der Waals surface area contributed by atoms with Crippen molar-refractivity contribution < 1.29 is 4.79 Å². The second-order valence-corrected chi connectivity index (χ2v) is 8.04. The number of benzene rings is 2. The van der Waals surface area contributed by atoms with Crippen molar-refractivity contribution in [2.75, 3.05) is 5.32 Å². The summed E-state index contributed by atoms with van der Waals surface area (Å²) in [6, 6.07) is 15.0. The van der Waals surface area contributed by atoms with Crippen LogP contribution in [0.25, 0.3) is 22.4 Å². The molecule has 0 saturated carbocycles. The molecule has 0 atom stereocenters. The van der Waals surface area contributed by atoms with Crippen molar-refractivity contribution in [3.05, 3.63) is 87.6 Å². The fraction of sp³-hybridized carbons (Fsp3) is 0.130. The van der Waals surface area contributed by atoms with Gasteiger partial charge in [0.25, 0.3) is 0 Å². The minimum Gasteiger partial charge on any atom is -0.323 e. The molecule has 0 bridgehead atoms. The van der Waals surface area contributed by atoms with Crippen molar-refractivity contribution in [1.29, 1.82) is 0 Å². The van der Waals surface area contributed by atoms with Crippen LogP contribution in [0.3, 0.4) is 0 Å². The van der Waals surface area contributed by atoms with E-state index in [1.54, 1.807) is 41.2 Å². The number of rotatable bonds is 4. The predicted octanol–water partition coefficient (Wildman–Crippen LogP) is 3.72. The van der Waals surface area contributed by atoms with E-state index in [-0.39, 0.29) is 6.54 Å². The highest BCUT2D eigenvalue weighted by Crippen LogP contribution is 2.25. The molecule has 1 N–H and O–H groups in total. The summed E-state index contributed by atoms with van der Waals surface area (Å²) in [5.41, 5.74) is 5.22. The summed E-state index contributed by atoms with van der Waals surface area (Å²) < 4.78 is 4.23. The zero-order chi connectivity index (χ0) is 22.4. The first-order valence-electron chi connectivity index (χ1n) is 10.0. The third-order valence-corrected chi connectivity index (χ3v) is 5.63. The number of anilines is 1. The molecule has 0 unspecified atom stereocenters. The maximum absolute atomic E-state index is 12.8. The van der Waals surface area contributed by atoms with Gasteiger partial charge in [-0.15, -0.1) is 5.10 Å². The molecule has 0 saturated heterocycles. The molecular formula is C23H19ClN6O2. The summed E-state index contributed by atoms with van der Waals surface area (Å²) >= 11 is 6.09. The smallest absolute Gasteiger partial charge is 0.323 e. The van der Waals surface area contributed by atoms with Gasteiger partial charge in [-0.25, -0.2) is 18.4 Å². The van der Waals surface area contributed by atoms with Crippen LogP contribution >= 0.6 is 11.6 Å². The molecule has 0 fully saturated rings. The van der Waals surface area contributed by atoms with Crippen molar-refractivity contribution in [3.8, 4) is 11.3 Å². The monoisotopic (exact) mass is 446 g/mol. The van der Waals surface area contributed by atoms with Gasteiger partial charge in [-0.2, -0.15) is 5.10 Å². The average Bonchev–Trinajstić information content (AvgIpc) is 3.33. The maximum Gasteiger partial charge on any atom is 0.350 e. The molecular weight excluding hydrogens is 428 g/mol. The van der Waals surface area contributed by atoms with E-state index in [1.165, 1.54) is 4.40 Å². The van der Waals surface area contributed by atoms with E-state index in [9.17, 15) is 9.59 Å². The standard InChI is InChI=1S/C23H19ClN6O2/c1-14-7-8-15(2)16(11-14)19-12-20-22-27-30(23(32)28(22)9-10-29(20)26-19)13-21(31)25-18-6-4-3-5-17(18)24/h3-12H,13H2,1-2H3,(H,25,31). The SMILES string of the molecule is Cc1ccc(C)c(-c2cc3c4nn(CC(=O)Nc5ccccc5Cl)c(=O)n4ccn3n2)c1. The number of nitrogens with zero attached hydrogens (tertiary/aromatic N) is 5. The van der Waals surface area contributed by atoms with Gasteiger partial charge >= 0.3 is 5.69 Å². The molecule has 0 radical (unpaired) electrons. The Bertz CT molecular complexity index is 1560.